The first-order chi connectivity index (χ1) is 11.0. The first-order valence-electron chi connectivity index (χ1n) is 7.99. The molecule has 0 spiro atoms. The van der Waals surface area contributed by atoms with Gasteiger partial charge in [0.15, 0.2) is 0 Å². The van der Waals surface area contributed by atoms with Crippen LogP contribution in [-0.4, -0.2) is 46.0 Å². The summed E-state index contributed by atoms with van der Waals surface area (Å²) >= 11 is 0. The van der Waals surface area contributed by atoms with Crippen molar-refractivity contribution in [1.82, 2.24) is 20.4 Å². The molecule has 2 N–H and O–H groups in total. The van der Waals surface area contributed by atoms with Gasteiger partial charge >= 0.3 is 0 Å². The van der Waals surface area contributed by atoms with Crippen LogP contribution in [0.2, 0.25) is 0 Å². The van der Waals surface area contributed by atoms with Crippen LogP contribution in [0.1, 0.15) is 36.2 Å². The number of nitrogens with one attached hydrogen (secondary N) is 2. The molecular formula is C17H22N4O2. The summed E-state index contributed by atoms with van der Waals surface area (Å²) in [6.45, 7) is 7.03. The second-order valence-electron chi connectivity index (χ2n) is 6.47. The number of aromatic nitrogens is 2. The number of carbonyl (C=O) groups is 2. The molecule has 0 bridgehead atoms. The average molecular weight is 314 g/mol. The van der Waals surface area contributed by atoms with Crippen LogP contribution in [0.3, 0.4) is 0 Å². The van der Waals surface area contributed by atoms with Gasteiger partial charge in [-0.15, -0.1) is 0 Å². The molecule has 1 aromatic carbocycles. The van der Waals surface area contributed by atoms with E-state index < -0.39 is 0 Å². The minimum Gasteiger partial charge on any atom is -0.347 e. The fourth-order valence-electron chi connectivity index (χ4n) is 3.11. The summed E-state index contributed by atoms with van der Waals surface area (Å²) < 4.78 is 0. The molecule has 1 aliphatic rings. The highest BCUT2D eigenvalue weighted by molar-refractivity contribution is 6.00. The van der Waals surface area contributed by atoms with Crippen LogP contribution in [0.25, 0.3) is 10.9 Å². The van der Waals surface area contributed by atoms with Gasteiger partial charge in [-0.25, -0.2) is 0 Å². The first kappa shape index (κ1) is 15.5. The summed E-state index contributed by atoms with van der Waals surface area (Å²) in [6.07, 6.45) is 2.54. The van der Waals surface area contributed by atoms with E-state index in [2.05, 4.69) is 15.5 Å². The largest absolute Gasteiger partial charge is 0.347 e. The van der Waals surface area contributed by atoms with Crippen molar-refractivity contribution in [3.63, 3.8) is 0 Å². The van der Waals surface area contributed by atoms with Gasteiger partial charge in [0.1, 0.15) is 0 Å². The van der Waals surface area contributed by atoms with Gasteiger partial charge in [-0.05, 0) is 31.0 Å². The van der Waals surface area contributed by atoms with Crippen molar-refractivity contribution in [2.24, 2.45) is 5.92 Å². The molecule has 3 rings (SSSR count). The topological polar surface area (TPSA) is 78.1 Å². The highest BCUT2D eigenvalue weighted by Gasteiger charge is 2.28. The molecule has 1 aliphatic heterocycles. The fraction of sp³-hybridized carbons (Fsp3) is 0.471. The molecule has 1 unspecified atom stereocenters. The zero-order chi connectivity index (χ0) is 16.6. The van der Waals surface area contributed by atoms with Gasteiger partial charge in [-0.1, -0.05) is 13.8 Å². The van der Waals surface area contributed by atoms with Gasteiger partial charge in [0, 0.05) is 36.0 Å². The summed E-state index contributed by atoms with van der Waals surface area (Å²) in [4.78, 5) is 26.4. The molecule has 0 saturated carbocycles. The maximum atomic E-state index is 12.6. The number of aryl methyl sites for hydroxylation is 1. The molecular weight excluding hydrogens is 292 g/mol. The summed E-state index contributed by atoms with van der Waals surface area (Å²) in [5, 5.41) is 10.9. The van der Waals surface area contributed by atoms with E-state index in [9.17, 15) is 9.59 Å². The highest BCUT2D eigenvalue weighted by Crippen LogP contribution is 2.20. The Kier molecular flexibility index (Phi) is 4.07. The minimum atomic E-state index is -0.0885. The summed E-state index contributed by atoms with van der Waals surface area (Å²) in [5.41, 5.74) is 2.50. The molecule has 122 valence electrons. The van der Waals surface area contributed by atoms with E-state index in [0.717, 1.165) is 22.9 Å². The van der Waals surface area contributed by atoms with Crippen molar-refractivity contribution in [3.05, 3.63) is 29.5 Å². The lowest BCUT2D eigenvalue weighted by Gasteiger charge is -2.19. The van der Waals surface area contributed by atoms with Gasteiger partial charge in [-0.3, -0.25) is 14.7 Å². The Morgan fingerprint density at radius 1 is 1.39 bits per heavy atom. The number of carbonyl (C=O) groups excluding carboxylic acids is 2. The van der Waals surface area contributed by atoms with E-state index in [1.165, 1.54) is 0 Å². The molecule has 1 saturated heterocycles. The van der Waals surface area contributed by atoms with E-state index >= 15 is 0 Å². The number of amides is 2. The van der Waals surface area contributed by atoms with Crippen molar-refractivity contribution in [3.8, 4) is 0 Å². The number of aromatic amines is 1. The standard InChI is InChI=1S/C17H22N4O2/c1-10(2)17(23)21-7-6-12(9-21)19-16(22)13-4-5-15-14(11(13)3)8-18-20-15/h4-5,8,10,12H,6-7,9H2,1-3H3,(H,18,20)(H,19,22). The predicted molar refractivity (Wildman–Crippen MR) is 88.1 cm³/mol. The maximum Gasteiger partial charge on any atom is 0.251 e. The van der Waals surface area contributed by atoms with E-state index in [1.807, 2.05) is 37.8 Å². The van der Waals surface area contributed by atoms with Gasteiger partial charge < -0.3 is 10.2 Å². The second kappa shape index (κ2) is 6.02. The van der Waals surface area contributed by atoms with Crippen LogP contribution < -0.4 is 5.32 Å². The average Bonchev–Trinajstić information content (AvgIpc) is 3.15. The Bertz CT molecular complexity index is 750. The molecule has 0 aliphatic carbocycles. The number of H-pyrrole nitrogens is 1. The molecule has 1 fully saturated rings. The Labute approximate surface area is 135 Å². The Hall–Kier alpha value is -2.37. The maximum absolute atomic E-state index is 12.6. The van der Waals surface area contributed by atoms with Crippen LogP contribution in [0.5, 0.6) is 0 Å². The van der Waals surface area contributed by atoms with Crippen molar-refractivity contribution in [1.29, 1.82) is 0 Å². The van der Waals surface area contributed by atoms with Crippen LogP contribution in [-0.2, 0) is 4.79 Å². The number of fused-ring (bicyclic) bond motifs is 1. The monoisotopic (exact) mass is 314 g/mol. The minimum absolute atomic E-state index is 0.00445. The molecule has 2 heterocycles. The third-order valence-corrected chi connectivity index (χ3v) is 4.47. The van der Waals surface area contributed by atoms with E-state index in [-0.39, 0.29) is 23.8 Å². The van der Waals surface area contributed by atoms with Gasteiger partial charge in [0.2, 0.25) is 5.91 Å². The Morgan fingerprint density at radius 3 is 2.91 bits per heavy atom. The number of hydrogen-bond acceptors (Lipinski definition) is 3. The lowest BCUT2D eigenvalue weighted by Crippen LogP contribution is -2.39. The second-order valence-corrected chi connectivity index (χ2v) is 6.47. The van der Waals surface area contributed by atoms with Crippen molar-refractivity contribution < 1.29 is 9.59 Å². The lowest BCUT2D eigenvalue weighted by atomic mass is 10.0. The van der Waals surface area contributed by atoms with Crippen LogP contribution in [0, 0.1) is 12.8 Å². The zero-order valence-corrected chi connectivity index (χ0v) is 13.7. The smallest absolute Gasteiger partial charge is 0.251 e. The normalized spacial score (nSPS) is 17.9. The van der Waals surface area contributed by atoms with E-state index in [0.29, 0.717) is 18.7 Å². The number of nitrogens with zero attached hydrogens (tertiary/aromatic N) is 2. The molecule has 1 aromatic heterocycles. The molecule has 0 radical (unpaired) electrons. The third-order valence-electron chi connectivity index (χ3n) is 4.47. The summed E-state index contributed by atoms with van der Waals surface area (Å²) in [5.74, 6) is 0.0578. The van der Waals surface area contributed by atoms with E-state index in [1.54, 1.807) is 6.20 Å². The molecule has 23 heavy (non-hydrogen) atoms. The molecule has 1 atom stereocenters. The van der Waals surface area contributed by atoms with Crippen molar-refractivity contribution >= 4 is 22.7 Å². The Morgan fingerprint density at radius 2 is 2.17 bits per heavy atom. The molecule has 6 heteroatoms. The van der Waals surface area contributed by atoms with Crippen molar-refractivity contribution in [2.45, 2.75) is 33.2 Å². The molecule has 6 nitrogen and oxygen atoms in total. The van der Waals surface area contributed by atoms with Gasteiger partial charge in [0.25, 0.3) is 5.91 Å². The summed E-state index contributed by atoms with van der Waals surface area (Å²) in [7, 11) is 0. The highest BCUT2D eigenvalue weighted by atomic mass is 16.2. The number of benzene rings is 1. The number of likely N-dealkylation sites (tertiary alicyclic amines) is 1. The number of hydrogen-bond donors (Lipinski definition) is 2. The Balaban J connectivity index is 1.69. The molecule has 2 amide bonds. The van der Waals surface area contributed by atoms with Crippen molar-refractivity contribution in [2.75, 3.05) is 13.1 Å². The summed E-state index contributed by atoms with van der Waals surface area (Å²) in [6, 6.07) is 3.70. The third kappa shape index (κ3) is 2.93. The fourth-order valence-corrected chi connectivity index (χ4v) is 3.11. The van der Waals surface area contributed by atoms with Gasteiger partial charge in [-0.2, -0.15) is 5.10 Å². The zero-order valence-electron chi connectivity index (χ0n) is 13.7. The van der Waals surface area contributed by atoms with Crippen LogP contribution in [0.15, 0.2) is 18.3 Å². The van der Waals surface area contributed by atoms with Crippen LogP contribution in [0.4, 0.5) is 0 Å². The molecule has 2 aromatic rings. The lowest BCUT2D eigenvalue weighted by molar-refractivity contribution is -0.133. The van der Waals surface area contributed by atoms with Gasteiger partial charge in [0.05, 0.1) is 11.7 Å². The number of rotatable bonds is 3. The first-order valence-corrected chi connectivity index (χ1v) is 7.99. The quantitative estimate of drug-likeness (QED) is 0.907. The van der Waals surface area contributed by atoms with E-state index in [4.69, 9.17) is 0 Å². The SMILES string of the molecule is Cc1c(C(=O)NC2CCN(C(=O)C(C)C)C2)ccc2[nH]ncc12. The van der Waals surface area contributed by atoms with Crippen LogP contribution >= 0.6 is 0 Å². The predicted octanol–water partition coefficient (Wildman–Crippen LogP) is 1.86.